The maximum atomic E-state index is 11.4. The summed E-state index contributed by atoms with van der Waals surface area (Å²) in [4.78, 5) is 11.4. The molecule has 0 spiro atoms. The molecule has 0 radical (unpaired) electrons. The summed E-state index contributed by atoms with van der Waals surface area (Å²) < 4.78 is 1.89. The SMILES string of the molecule is CC(C)c1cccc2c1cc(C(=O)O)n2C(C)C. The van der Waals surface area contributed by atoms with Gasteiger partial charge in [0, 0.05) is 16.9 Å². The highest BCUT2D eigenvalue weighted by Gasteiger charge is 2.18. The Morgan fingerprint density at radius 3 is 2.39 bits per heavy atom. The number of fused-ring (bicyclic) bond motifs is 1. The molecular formula is C15H19NO2. The molecule has 0 aliphatic rings. The zero-order chi connectivity index (χ0) is 13.4. The van der Waals surface area contributed by atoms with Gasteiger partial charge in [-0.15, -0.1) is 0 Å². The van der Waals surface area contributed by atoms with Crippen LogP contribution in [0, 0.1) is 0 Å². The Morgan fingerprint density at radius 2 is 1.89 bits per heavy atom. The first-order chi connectivity index (χ1) is 8.43. The lowest BCUT2D eigenvalue weighted by atomic mass is 9.99. The van der Waals surface area contributed by atoms with Crippen molar-refractivity contribution in [3.05, 3.63) is 35.5 Å². The number of rotatable bonds is 3. The van der Waals surface area contributed by atoms with E-state index in [-0.39, 0.29) is 6.04 Å². The standard InChI is InChI=1S/C15H19NO2/c1-9(2)11-6-5-7-13-12(11)8-14(15(17)18)16(13)10(3)4/h5-10H,1-4H3,(H,17,18). The van der Waals surface area contributed by atoms with Crippen molar-refractivity contribution in [3.8, 4) is 0 Å². The van der Waals surface area contributed by atoms with Crippen LogP contribution in [-0.4, -0.2) is 15.6 Å². The van der Waals surface area contributed by atoms with Crippen LogP contribution in [0.25, 0.3) is 10.9 Å². The first-order valence-electron chi connectivity index (χ1n) is 6.30. The third-order valence-electron chi connectivity index (χ3n) is 3.27. The normalized spacial score (nSPS) is 11.7. The minimum Gasteiger partial charge on any atom is -0.477 e. The molecule has 2 aromatic rings. The number of carbonyl (C=O) groups is 1. The third-order valence-corrected chi connectivity index (χ3v) is 3.27. The quantitative estimate of drug-likeness (QED) is 0.886. The molecule has 3 nitrogen and oxygen atoms in total. The first-order valence-corrected chi connectivity index (χ1v) is 6.30. The lowest BCUT2D eigenvalue weighted by Gasteiger charge is -2.13. The van der Waals surface area contributed by atoms with Crippen LogP contribution in [0.4, 0.5) is 0 Å². The van der Waals surface area contributed by atoms with Gasteiger partial charge in [-0.25, -0.2) is 4.79 Å². The topological polar surface area (TPSA) is 42.2 Å². The summed E-state index contributed by atoms with van der Waals surface area (Å²) in [5.41, 5.74) is 2.58. The second-order valence-corrected chi connectivity index (χ2v) is 5.23. The number of carboxylic acid groups (broad SMARTS) is 1. The Labute approximate surface area is 107 Å². The van der Waals surface area contributed by atoms with Gasteiger partial charge < -0.3 is 9.67 Å². The number of hydrogen-bond donors (Lipinski definition) is 1. The van der Waals surface area contributed by atoms with Crippen LogP contribution < -0.4 is 0 Å². The number of benzene rings is 1. The fourth-order valence-electron chi connectivity index (χ4n) is 2.50. The summed E-state index contributed by atoms with van der Waals surface area (Å²) in [5, 5.41) is 10.4. The molecule has 0 fully saturated rings. The van der Waals surface area contributed by atoms with Crippen molar-refractivity contribution >= 4 is 16.9 Å². The smallest absolute Gasteiger partial charge is 0.352 e. The second kappa shape index (κ2) is 4.48. The zero-order valence-corrected chi connectivity index (χ0v) is 11.3. The molecule has 3 heteroatoms. The maximum Gasteiger partial charge on any atom is 0.352 e. The average Bonchev–Trinajstić information content (AvgIpc) is 2.67. The summed E-state index contributed by atoms with van der Waals surface area (Å²) in [6, 6.07) is 8.00. The van der Waals surface area contributed by atoms with E-state index in [9.17, 15) is 9.90 Å². The highest BCUT2D eigenvalue weighted by atomic mass is 16.4. The van der Waals surface area contributed by atoms with Gasteiger partial charge in [0.15, 0.2) is 0 Å². The van der Waals surface area contributed by atoms with Gasteiger partial charge in [-0.3, -0.25) is 0 Å². The molecule has 18 heavy (non-hydrogen) atoms. The van der Waals surface area contributed by atoms with Crippen LogP contribution >= 0.6 is 0 Å². The molecule has 1 aromatic heterocycles. The number of hydrogen-bond acceptors (Lipinski definition) is 1. The van der Waals surface area contributed by atoms with Crippen molar-refractivity contribution < 1.29 is 9.90 Å². The number of aromatic carboxylic acids is 1. The van der Waals surface area contributed by atoms with Crippen LogP contribution in [0.3, 0.4) is 0 Å². The molecule has 1 heterocycles. The van der Waals surface area contributed by atoms with E-state index in [1.807, 2.05) is 30.5 Å². The van der Waals surface area contributed by atoms with E-state index in [0.29, 0.717) is 11.6 Å². The number of aromatic nitrogens is 1. The van der Waals surface area contributed by atoms with Gasteiger partial charge >= 0.3 is 5.97 Å². The summed E-state index contributed by atoms with van der Waals surface area (Å²) in [7, 11) is 0. The molecule has 0 aliphatic carbocycles. The molecule has 0 saturated heterocycles. The van der Waals surface area contributed by atoms with Crippen molar-refractivity contribution in [2.75, 3.05) is 0 Å². The van der Waals surface area contributed by atoms with Crippen LogP contribution in [0.15, 0.2) is 24.3 Å². The van der Waals surface area contributed by atoms with E-state index >= 15 is 0 Å². The van der Waals surface area contributed by atoms with Crippen molar-refractivity contribution in [2.45, 2.75) is 39.7 Å². The molecule has 0 unspecified atom stereocenters. The molecule has 1 aromatic carbocycles. The lowest BCUT2D eigenvalue weighted by molar-refractivity contribution is 0.0684. The predicted octanol–water partition coefficient (Wildman–Crippen LogP) is 4.04. The lowest BCUT2D eigenvalue weighted by Crippen LogP contribution is -2.10. The van der Waals surface area contributed by atoms with Crippen LogP contribution in [-0.2, 0) is 0 Å². The summed E-state index contributed by atoms with van der Waals surface area (Å²) in [6.07, 6.45) is 0. The minimum atomic E-state index is -0.866. The van der Waals surface area contributed by atoms with E-state index in [1.165, 1.54) is 5.56 Å². The Morgan fingerprint density at radius 1 is 1.22 bits per heavy atom. The van der Waals surface area contributed by atoms with E-state index in [1.54, 1.807) is 6.07 Å². The molecule has 0 saturated carbocycles. The molecule has 0 atom stereocenters. The summed E-state index contributed by atoms with van der Waals surface area (Å²) in [5.74, 6) is -0.479. The molecule has 0 amide bonds. The van der Waals surface area contributed by atoms with Gasteiger partial charge in [-0.2, -0.15) is 0 Å². The average molecular weight is 245 g/mol. The van der Waals surface area contributed by atoms with E-state index in [4.69, 9.17) is 0 Å². The Hall–Kier alpha value is -1.77. The van der Waals surface area contributed by atoms with Crippen LogP contribution in [0.2, 0.25) is 0 Å². The Kier molecular flexibility index (Phi) is 3.16. The van der Waals surface area contributed by atoms with Crippen molar-refractivity contribution in [3.63, 3.8) is 0 Å². The molecule has 96 valence electrons. The van der Waals surface area contributed by atoms with Gasteiger partial charge in [0.2, 0.25) is 0 Å². The van der Waals surface area contributed by atoms with Gasteiger partial charge in [-0.1, -0.05) is 26.0 Å². The van der Waals surface area contributed by atoms with Crippen molar-refractivity contribution in [1.82, 2.24) is 4.57 Å². The van der Waals surface area contributed by atoms with Crippen LogP contribution in [0.5, 0.6) is 0 Å². The zero-order valence-electron chi connectivity index (χ0n) is 11.3. The number of nitrogens with zero attached hydrogens (tertiary/aromatic N) is 1. The number of carboxylic acids is 1. The molecule has 0 aliphatic heterocycles. The molecule has 0 bridgehead atoms. The first kappa shape index (κ1) is 12.7. The Bertz CT molecular complexity index is 594. The highest BCUT2D eigenvalue weighted by molar-refractivity contribution is 5.96. The predicted molar refractivity (Wildman–Crippen MR) is 73.4 cm³/mol. The van der Waals surface area contributed by atoms with E-state index in [2.05, 4.69) is 19.9 Å². The second-order valence-electron chi connectivity index (χ2n) is 5.23. The maximum absolute atomic E-state index is 11.4. The molecule has 1 N–H and O–H groups in total. The van der Waals surface area contributed by atoms with E-state index in [0.717, 1.165) is 10.9 Å². The van der Waals surface area contributed by atoms with Gasteiger partial charge in [0.1, 0.15) is 5.69 Å². The van der Waals surface area contributed by atoms with Crippen LogP contribution in [0.1, 0.15) is 55.7 Å². The fourth-order valence-corrected chi connectivity index (χ4v) is 2.50. The van der Waals surface area contributed by atoms with Crippen molar-refractivity contribution in [2.24, 2.45) is 0 Å². The van der Waals surface area contributed by atoms with Crippen molar-refractivity contribution in [1.29, 1.82) is 0 Å². The molecular weight excluding hydrogens is 226 g/mol. The summed E-state index contributed by atoms with van der Waals surface area (Å²) in [6.45, 7) is 8.27. The minimum absolute atomic E-state index is 0.135. The molecule has 2 rings (SSSR count). The third kappa shape index (κ3) is 1.90. The highest BCUT2D eigenvalue weighted by Crippen LogP contribution is 2.30. The monoisotopic (exact) mass is 245 g/mol. The van der Waals surface area contributed by atoms with Gasteiger partial charge in [0.05, 0.1) is 0 Å². The van der Waals surface area contributed by atoms with E-state index < -0.39 is 5.97 Å². The summed E-state index contributed by atoms with van der Waals surface area (Å²) >= 11 is 0. The fraction of sp³-hybridized carbons (Fsp3) is 0.400. The largest absolute Gasteiger partial charge is 0.477 e. The van der Waals surface area contributed by atoms with Gasteiger partial charge in [0.25, 0.3) is 0 Å². The Balaban J connectivity index is 2.84. The van der Waals surface area contributed by atoms with Gasteiger partial charge in [-0.05, 0) is 37.5 Å².